The Balaban J connectivity index is 2.26. The van der Waals surface area contributed by atoms with Crippen LogP contribution in [0.4, 0.5) is 0 Å². The summed E-state index contributed by atoms with van der Waals surface area (Å²) in [5.74, 6) is 0. The third-order valence-electron chi connectivity index (χ3n) is 2.91. The molecular weight excluding hydrogens is 318 g/mol. The molecule has 2 rings (SSSR count). The first-order chi connectivity index (χ1) is 9.06. The highest BCUT2D eigenvalue weighted by molar-refractivity contribution is 9.10. The lowest BCUT2D eigenvalue weighted by Crippen LogP contribution is -2.22. The Morgan fingerprint density at radius 1 is 1.11 bits per heavy atom. The normalized spacial score (nSPS) is 14.1. The minimum absolute atomic E-state index is 0.103. The third kappa shape index (κ3) is 4.10. The molecule has 1 nitrogen and oxygen atoms in total. The van der Waals surface area contributed by atoms with Crippen molar-refractivity contribution in [3.8, 4) is 0 Å². The van der Waals surface area contributed by atoms with Gasteiger partial charge in [0.2, 0.25) is 0 Å². The summed E-state index contributed by atoms with van der Waals surface area (Å²) in [5.41, 5.74) is 8.74. The third-order valence-corrected chi connectivity index (χ3v) is 4.88. The monoisotopic (exact) mass is 335 g/mol. The fourth-order valence-electron chi connectivity index (χ4n) is 2.01. The predicted molar refractivity (Wildman–Crippen MR) is 87.6 cm³/mol. The second-order valence-electron chi connectivity index (χ2n) is 4.77. The number of nitrogens with two attached hydrogens (primary N) is 1. The molecule has 19 heavy (non-hydrogen) atoms. The average Bonchev–Trinajstić information content (AvgIpc) is 2.35. The number of aryl methyl sites for hydroxylation is 1. The van der Waals surface area contributed by atoms with Gasteiger partial charge in [-0.05, 0) is 37.6 Å². The number of halogens is 1. The van der Waals surface area contributed by atoms with Crippen molar-refractivity contribution in [2.24, 2.45) is 5.73 Å². The van der Waals surface area contributed by atoms with E-state index in [9.17, 15) is 0 Å². The quantitative estimate of drug-likeness (QED) is 0.801. The molecule has 0 saturated carbocycles. The molecule has 0 bridgehead atoms. The molecule has 0 fully saturated rings. The number of benzene rings is 2. The molecule has 0 amide bonds. The second kappa shape index (κ2) is 6.60. The van der Waals surface area contributed by atoms with Gasteiger partial charge in [0, 0.05) is 20.7 Å². The highest BCUT2D eigenvalue weighted by Crippen LogP contribution is 2.38. The molecule has 0 aromatic heterocycles. The van der Waals surface area contributed by atoms with Crippen molar-refractivity contribution in [2.75, 3.05) is 0 Å². The van der Waals surface area contributed by atoms with E-state index in [2.05, 4.69) is 72.2 Å². The molecule has 0 aliphatic heterocycles. The Labute approximate surface area is 127 Å². The SMILES string of the molecule is Cc1cccc(C(Sc2cccc(Br)c2)C(C)N)c1. The number of hydrogen-bond acceptors (Lipinski definition) is 2. The van der Waals surface area contributed by atoms with Crippen molar-refractivity contribution < 1.29 is 0 Å². The first-order valence-corrected chi connectivity index (χ1v) is 7.98. The lowest BCUT2D eigenvalue weighted by atomic mass is 10.0. The zero-order chi connectivity index (χ0) is 13.8. The Hall–Kier alpha value is -0.770. The zero-order valence-corrected chi connectivity index (χ0v) is 13.5. The molecule has 0 spiro atoms. The van der Waals surface area contributed by atoms with E-state index in [-0.39, 0.29) is 11.3 Å². The standard InChI is InChI=1S/C16H18BrNS/c1-11-5-3-6-13(9-11)16(12(2)18)19-15-8-4-7-14(17)10-15/h3-10,12,16H,18H2,1-2H3. The van der Waals surface area contributed by atoms with Crippen molar-refractivity contribution in [2.45, 2.75) is 30.0 Å². The van der Waals surface area contributed by atoms with Gasteiger partial charge < -0.3 is 5.73 Å². The van der Waals surface area contributed by atoms with Gasteiger partial charge in [-0.15, -0.1) is 11.8 Å². The number of rotatable bonds is 4. The van der Waals surface area contributed by atoms with Gasteiger partial charge in [-0.25, -0.2) is 0 Å². The van der Waals surface area contributed by atoms with Crippen LogP contribution in [0.5, 0.6) is 0 Å². The lowest BCUT2D eigenvalue weighted by molar-refractivity contribution is 0.721. The maximum atomic E-state index is 6.17. The van der Waals surface area contributed by atoms with Crippen LogP contribution in [-0.4, -0.2) is 6.04 Å². The van der Waals surface area contributed by atoms with Crippen molar-refractivity contribution in [3.63, 3.8) is 0 Å². The van der Waals surface area contributed by atoms with Crippen LogP contribution in [0.15, 0.2) is 57.9 Å². The van der Waals surface area contributed by atoms with Gasteiger partial charge in [-0.3, -0.25) is 0 Å². The van der Waals surface area contributed by atoms with Crippen LogP contribution in [0.1, 0.15) is 23.3 Å². The van der Waals surface area contributed by atoms with E-state index < -0.39 is 0 Å². The summed E-state index contributed by atoms with van der Waals surface area (Å²) in [6.45, 7) is 4.18. The highest BCUT2D eigenvalue weighted by atomic mass is 79.9. The van der Waals surface area contributed by atoms with Gasteiger partial charge in [0.15, 0.2) is 0 Å². The van der Waals surface area contributed by atoms with Crippen LogP contribution in [0.3, 0.4) is 0 Å². The molecule has 100 valence electrons. The van der Waals surface area contributed by atoms with Gasteiger partial charge in [0.1, 0.15) is 0 Å². The summed E-state index contributed by atoms with van der Waals surface area (Å²) in [6.07, 6.45) is 0. The first-order valence-electron chi connectivity index (χ1n) is 6.30. The molecule has 0 radical (unpaired) electrons. The van der Waals surface area contributed by atoms with Crippen LogP contribution in [0.2, 0.25) is 0 Å². The molecule has 0 heterocycles. The summed E-state index contributed by atoms with van der Waals surface area (Å²) in [7, 11) is 0. The van der Waals surface area contributed by atoms with E-state index >= 15 is 0 Å². The largest absolute Gasteiger partial charge is 0.327 e. The van der Waals surface area contributed by atoms with Crippen LogP contribution in [0, 0.1) is 6.92 Å². The minimum Gasteiger partial charge on any atom is -0.327 e. The van der Waals surface area contributed by atoms with E-state index in [0.717, 1.165) is 4.47 Å². The Bertz CT molecular complexity index is 554. The van der Waals surface area contributed by atoms with Crippen LogP contribution < -0.4 is 5.73 Å². The van der Waals surface area contributed by atoms with E-state index in [1.54, 1.807) is 0 Å². The van der Waals surface area contributed by atoms with Gasteiger partial charge in [-0.1, -0.05) is 51.8 Å². The Morgan fingerprint density at radius 3 is 2.47 bits per heavy atom. The second-order valence-corrected chi connectivity index (χ2v) is 6.90. The predicted octanol–water partition coefficient (Wildman–Crippen LogP) is 4.94. The van der Waals surface area contributed by atoms with E-state index in [1.165, 1.54) is 16.0 Å². The molecule has 2 aromatic rings. The molecule has 0 aliphatic carbocycles. The number of thioether (sulfide) groups is 1. The summed E-state index contributed by atoms with van der Waals surface area (Å²) in [6, 6.07) is 17.1. The zero-order valence-electron chi connectivity index (χ0n) is 11.1. The van der Waals surface area contributed by atoms with E-state index in [0.29, 0.717) is 0 Å². The molecule has 3 heteroatoms. The number of hydrogen-bond donors (Lipinski definition) is 1. The molecule has 2 atom stereocenters. The highest BCUT2D eigenvalue weighted by Gasteiger charge is 2.17. The molecule has 2 aromatic carbocycles. The maximum Gasteiger partial charge on any atom is 0.0492 e. The van der Waals surface area contributed by atoms with Gasteiger partial charge in [0.25, 0.3) is 0 Å². The van der Waals surface area contributed by atoms with E-state index in [1.807, 2.05) is 17.8 Å². The molecule has 2 unspecified atom stereocenters. The fraction of sp³-hybridized carbons (Fsp3) is 0.250. The topological polar surface area (TPSA) is 26.0 Å². The minimum atomic E-state index is 0.103. The Kier molecular flexibility index (Phi) is 5.08. The summed E-state index contributed by atoms with van der Waals surface area (Å²) in [4.78, 5) is 1.23. The summed E-state index contributed by atoms with van der Waals surface area (Å²) in [5, 5.41) is 0.272. The lowest BCUT2D eigenvalue weighted by Gasteiger charge is -2.21. The smallest absolute Gasteiger partial charge is 0.0492 e. The summed E-state index contributed by atoms with van der Waals surface area (Å²) < 4.78 is 1.10. The fourth-order valence-corrected chi connectivity index (χ4v) is 3.71. The van der Waals surface area contributed by atoms with Gasteiger partial charge in [-0.2, -0.15) is 0 Å². The first kappa shape index (κ1) is 14.6. The van der Waals surface area contributed by atoms with Gasteiger partial charge in [0.05, 0.1) is 0 Å². The molecular formula is C16H18BrNS. The molecule has 2 N–H and O–H groups in total. The average molecular weight is 336 g/mol. The van der Waals surface area contributed by atoms with Gasteiger partial charge >= 0.3 is 0 Å². The molecule has 0 aliphatic rings. The molecule has 0 saturated heterocycles. The van der Waals surface area contributed by atoms with Crippen molar-refractivity contribution in [3.05, 3.63) is 64.1 Å². The van der Waals surface area contributed by atoms with Crippen molar-refractivity contribution in [1.29, 1.82) is 0 Å². The van der Waals surface area contributed by atoms with Crippen molar-refractivity contribution in [1.82, 2.24) is 0 Å². The summed E-state index contributed by atoms with van der Waals surface area (Å²) >= 11 is 5.33. The maximum absolute atomic E-state index is 6.17. The van der Waals surface area contributed by atoms with Crippen LogP contribution in [0.25, 0.3) is 0 Å². The van der Waals surface area contributed by atoms with Crippen LogP contribution in [-0.2, 0) is 0 Å². The Morgan fingerprint density at radius 2 is 1.84 bits per heavy atom. The van der Waals surface area contributed by atoms with Crippen molar-refractivity contribution >= 4 is 27.7 Å². The van der Waals surface area contributed by atoms with E-state index in [4.69, 9.17) is 5.73 Å². The van der Waals surface area contributed by atoms with Crippen LogP contribution >= 0.6 is 27.7 Å².